The SMILES string of the molecule is C1=CC2=CC=C3CC=CC4=C3C2C(=C1)C=C4.C1=CC2=CC=C3CC=CC4=C3C2C(=C1)C=C4.C1=CC2=CC=C3CC=CC4=C3C2C(=C1)C=C4.c1ccc2cc3ccccc3cc2c1.c1ccc2cc3ccccc3cc2c1.c1ccc2cc3ccccc3cc2c1.c1ccc2ccccc2c1.c1ccc2ccccc2c1. The number of hydrogen-bond acceptors (Lipinski definition) is 0. The van der Waals surface area contributed by atoms with E-state index in [0.717, 1.165) is 19.3 Å². The minimum Gasteiger partial charge on any atom is -0.0795 e. The van der Waals surface area contributed by atoms with E-state index in [1.165, 1.54) is 170 Å². The Hall–Kier alpha value is -13.5. The normalized spacial score (nSPS) is 18.4. The average Bonchev–Trinajstić information content (AvgIpc) is 0.758. The fourth-order valence-electron chi connectivity index (χ4n) is 17.0. The molecule has 12 aliphatic rings. The van der Waals surface area contributed by atoms with E-state index in [4.69, 9.17) is 0 Å². The molecule has 13 aromatic carbocycles. The van der Waals surface area contributed by atoms with E-state index in [0.29, 0.717) is 17.8 Å². The molecular weight excluding hydrogens is 1320 g/mol. The zero-order valence-corrected chi connectivity index (χ0v) is 61.5. The van der Waals surface area contributed by atoms with E-state index in [-0.39, 0.29) is 0 Å². The zero-order chi connectivity index (χ0) is 73.4. The van der Waals surface area contributed by atoms with Crippen molar-refractivity contribution < 1.29 is 0 Å². The summed E-state index contributed by atoms with van der Waals surface area (Å²) >= 11 is 0. The molecule has 0 fully saturated rings. The van der Waals surface area contributed by atoms with Gasteiger partial charge in [0.1, 0.15) is 0 Å². The monoisotopic (exact) mass is 1400 g/mol. The lowest BCUT2D eigenvalue weighted by molar-refractivity contribution is 0.832. The third-order valence-electron chi connectivity index (χ3n) is 22.4. The molecule has 522 valence electrons. The molecule has 110 heavy (non-hydrogen) atoms. The first kappa shape index (κ1) is 68.3. The van der Waals surface area contributed by atoms with Crippen LogP contribution in [0.2, 0.25) is 0 Å². The van der Waals surface area contributed by atoms with Crippen molar-refractivity contribution in [2.45, 2.75) is 19.3 Å². The van der Waals surface area contributed by atoms with Gasteiger partial charge >= 0.3 is 0 Å². The Balaban J connectivity index is 0.0000000887. The van der Waals surface area contributed by atoms with Gasteiger partial charge in [-0.3, -0.25) is 0 Å². The van der Waals surface area contributed by atoms with Crippen molar-refractivity contribution in [1.82, 2.24) is 0 Å². The molecule has 12 aliphatic carbocycles. The molecule has 0 saturated carbocycles. The molecule has 0 aromatic heterocycles. The van der Waals surface area contributed by atoms with Crippen LogP contribution in [0, 0.1) is 17.8 Å². The fraction of sp³-hybridized carbons (Fsp3) is 0.0545. The van der Waals surface area contributed by atoms with E-state index >= 15 is 0 Å². The summed E-state index contributed by atoms with van der Waals surface area (Å²) in [5.74, 6) is 1.53. The summed E-state index contributed by atoms with van der Waals surface area (Å²) < 4.78 is 0. The first-order valence-electron chi connectivity index (χ1n) is 38.7. The van der Waals surface area contributed by atoms with Gasteiger partial charge in [0.05, 0.1) is 0 Å². The number of allylic oxidation sites excluding steroid dienone is 42. The molecule has 3 unspecified atom stereocenters. The molecule has 13 aromatic rings. The Morgan fingerprint density at radius 2 is 0.345 bits per heavy atom. The molecule has 0 nitrogen and oxygen atoms in total. The molecule has 0 amide bonds. The van der Waals surface area contributed by atoms with Crippen LogP contribution in [0.25, 0.3) is 86.2 Å². The van der Waals surface area contributed by atoms with Gasteiger partial charge in [0.15, 0.2) is 0 Å². The van der Waals surface area contributed by atoms with Gasteiger partial charge < -0.3 is 0 Å². The van der Waals surface area contributed by atoms with E-state index in [2.05, 4.69) is 443 Å². The van der Waals surface area contributed by atoms with Crippen LogP contribution in [0.4, 0.5) is 0 Å². The zero-order valence-electron chi connectivity index (χ0n) is 61.5. The van der Waals surface area contributed by atoms with Gasteiger partial charge in [-0.2, -0.15) is 0 Å². The van der Waals surface area contributed by atoms with Crippen molar-refractivity contribution >= 4 is 86.2 Å². The lowest BCUT2D eigenvalue weighted by Crippen LogP contribution is -2.20. The van der Waals surface area contributed by atoms with Gasteiger partial charge in [-0.05, 0) is 225 Å². The Bertz CT molecular complexity index is 5550. The number of fused-ring (bicyclic) bond motifs is 8. The van der Waals surface area contributed by atoms with Gasteiger partial charge in [-0.1, -0.05) is 407 Å². The molecule has 0 radical (unpaired) electrons. The quantitative estimate of drug-likeness (QED) is 0.133. The molecule has 0 aliphatic heterocycles. The van der Waals surface area contributed by atoms with Gasteiger partial charge in [-0.15, -0.1) is 0 Å². The summed E-state index contributed by atoms with van der Waals surface area (Å²) in [6, 6.07) is 97.7. The number of benzene rings is 13. The fourth-order valence-corrected chi connectivity index (χ4v) is 17.0. The summed E-state index contributed by atoms with van der Waals surface area (Å²) in [5, 5.41) is 21.0. The molecule has 25 rings (SSSR count). The molecule has 0 heterocycles. The predicted molar refractivity (Wildman–Crippen MR) is 473 cm³/mol. The van der Waals surface area contributed by atoms with Crippen LogP contribution < -0.4 is 0 Å². The van der Waals surface area contributed by atoms with Gasteiger partial charge in [0, 0.05) is 17.8 Å². The maximum atomic E-state index is 2.29. The summed E-state index contributed by atoms with van der Waals surface area (Å²) in [4.78, 5) is 0. The molecule has 0 heteroatoms. The van der Waals surface area contributed by atoms with E-state index < -0.39 is 0 Å². The predicted octanol–water partition coefficient (Wildman–Crippen LogP) is 29.0. The van der Waals surface area contributed by atoms with Crippen LogP contribution in [-0.4, -0.2) is 0 Å². The Kier molecular flexibility index (Phi) is 19.6. The van der Waals surface area contributed by atoms with Crippen LogP contribution in [0.15, 0.2) is 527 Å². The maximum absolute atomic E-state index is 2.29. The highest BCUT2D eigenvalue weighted by Gasteiger charge is 2.34. The first-order valence-corrected chi connectivity index (χ1v) is 38.7. The van der Waals surface area contributed by atoms with Crippen LogP contribution in [0.3, 0.4) is 0 Å². The highest BCUT2D eigenvalue weighted by atomic mass is 14.4. The standard InChI is InChI=1S/3C16H12.3C14H10.2C10H8/c3*1-3-11-7-9-13-5-2-6-14-10-8-12(4-1)15(11)16(13)14;3*1-2-6-12-10-14-8-4-3-7-13(14)9-11(12)5-1;2*1-2-6-10-8-4-3-7-9(10)5-1/h3*1-5,7-10,15H,6H2;3*1-10H;2*1-8H. The molecule has 0 bridgehead atoms. The van der Waals surface area contributed by atoms with Crippen molar-refractivity contribution in [1.29, 1.82) is 0 Å². The summed E-state index contributed by atoms with van der Waals surface area (Å²) in [6.45, 7) is 0. The lowest BCUT2D eigenvalue weighted by atomic mass is 9.69. The summed E-state index contributed by atoms with van der Waals surface area (Å²) in [5.41, 5.74) is 22.0. The smallest absolute Gasteiger partial charge is 0.0348 e. The van der Waals surface area contributed by atoms with Crippen molar-refractivity contribution in [2.24, 2.45) is 17.8 Å². The van der Waals surface area contributed by atoms with E-state index in [1.807, 2.05) is 0 Å². The molecular formula is C110H82. The molecule has 0 N–H and O–H groups in total. The number of rotatable bonds is 0. The Labute approximate surface area is 645 Å². The lowest BCUT2D eigenvalue weighted by Gasteiger charge is -2.34. The van der Waals surface area contributed by atoms with Crippen LogP contribution in [-0.2, 0) is 0 Å². The van der Waals surface area contributed by atoms with Crippen molar-refractivity contribution in [3.8, 4) is 0 Å². The van der Waals surface area contributed by atoms with Crippen LogP contribution >= 0.6 is 0 Å². The van der Waals surface area contributed by atoms with Crippen molar-refractivity contribution in [3.05, 3.63) is 527 Å². The van der Waals surface area contributed by atoms with E-state index in [1.54, 1.807) is 0 Å². The second kappa shape index (κ2) is 31.5. The molecule has 0 spiro atoms. The van der Waals surface area contributed by atoms with Crippen LogP contribution in [0.5, 0.6) is 0 Å². The average molecular weight is 1400 g/mol. The maximum Gasteiger partial charge on any atom is 0.0348 e. The highest BCUT2D eigenvalue weighted by molar-refractivity contribution is 6.00. The van der Waals surface area contributed by atoms with Crippen LogP contribution in [0.1, 0.15) is 19.3 Å². The first-order chi connectivity index (χ1) is 54.5. The minimum atomic E-state index is 0.509. The second-order valence-corrected chi connectivity index (χ2v) is 29.2. The molecule has 0 saturated heterocycles. The van der Waals surface area contributed by atoms with Gasteiger partial charge in [-0.25, -0.2) is 0 Å². The summed E-state index contributed by atoms with van der Waals surface area (Å²) in [6.07, 6.45) is 64.0. The van der Waals surface area contributed by atoms with E-state index in [9.17, 15) is 0 Å². The van der Waals surface area contributed by atoms with Gasteiger partial charge in [0.25, 0.3) is 0 Å². The second-order valence-electron chi connectivity index (χ2n) is 29.2. The minimum absolute atomic E-state index is 0.509. The molecule has 3 atom stereocenters. The van der Waals surface area contributed by atoms with Crippen molar-refractivity contribution in [2.75, 3.05) is 0 Å². The van der Waals surface area contributed by atoms with Crippen molar-refractivity contribution in [3.63, 3.8) is 0 Å². The largest absolute Gasteiger partial charge is 0.0795 e. The Morgan fingerprint density at radius 1 is 0.164 bits per heavy atom. The third kappa shape index (κ3) is 14.5. The topological polar surface area (TPSA) is 0 Å². The highest BCUT2D eigenvalue weighted by Crippen LogP contribution is 2.49. The van der Waals surface area contributed by atoms with Gasteiger partial charge in [0.2, 0.25) is 0 Å². The third-order valence-corrected chi connectivity index (χ3v) is 22.4. The summed E-state index contributed by atoms with van der Waals surface area (Å²) in [7, 11) is 0. The Morgan fingerprint density at radius 3 is 0.545 bits per heavy atom. The number of hydrogen-bond donors (Lipinski definition) is 0.